The van der Waals surface area contributed by atoms with Gasteiger partial charge in [-0.25, -0.2) is 8.42 Å². The number of carbonyl (C=O) groups excluding carboxylic acids is 1. The van der Waals surface area contributed by atoms with E-state index >= 15 is 0 Å². The summed E-state index contributed by atoms with van der Waals surface area (Å²) in [6, 6.07) is 9.27. The quantitative estimate of drug-likeness (QED) is 0.666. The summed E-state index contributed by atoms with van der Waals surface area (Å²) < 4.78 is 29.6. The molecule has 0 aliphatic rings. The summed E-state index contributed by atoms with van der Waals surface area (Å²) in [6.07, 6.45) is 0.420. The first-order chi connectivity index (χ1) is 12.4. The molecule has 0 fully saturated rings. The number of carbonyl (C=O) groups is 1. The number of benzene rings is 1. The molecule has 2 heterocycles. The van der Waals surface area contributed by atoms with Crippen LogP contribution in [0.3, 0.4) is 0 Å². The van der Waals surface area contributed by atoms with Crippen LogP contribution in [0.2, 0.25) is 4.34 Å². The van der Waals surface area contributed by atoms with E-state index in [0.717, 1.165) is 4.88 Å². The van der Waals surface area contributed by atoms with Crippen molar-refractivity contribution in [1.29, 1.82) is 0 Å². The monoisotopic (exact) mass is 411 g/mol. The SMILES string of the molecule is CCS(=O)(=O)c1ccc(C(=O)Nc2nnc(Cc3ccc(Cl)s3)o2)cc1. The Bertz CT molecular complexity index is 1030. The first-order valence-corrected chi connectivity index (χ1v) is 10.4. The third kappa shape index (κ3) is 4.29. The van der Waals surface area contributed by atoms with Crippen LogP contribution in [0, 0.1) is 0 Å². The zero-order chi connectivity index (χ0) is 18.7. The Morgan fingerprint density at radius 1 is 1.19 bits per heavy atom. The summed E-state index contributed by atoms with van der Waals surface area (Å²) in [7, 11) is -3.31. The summed E-state index contributed by atoms with van der Waals surface area (Å²) in [5, 5.41) is 10.2. The molecule has 10 heteroatoms. The summed E-state index contributed by atoms with van der Waals surface area (Å²) >= 11 is 7.28. The minimum Gasteiger partial charge on any atom is -0.407 e. The summed E-state index contributed by atoms with van der Waals surface area (Å²) in [5.74, 6) is -0.123. The fraction of sp³-hybridized carbons (Fsp3) is 0.188. The van der Waals surface area contributed by atoms with E-state index in [4.69, 9.17) is 16.0 Å². The van der Waals surface area contributed by atoms with Crippen molar-refractivity contribution in [3.63, 3.8) is 0 Å². The summed E-state index contributed by atoms with van der Waals surface area (Å²) in [5.41, 5.74) is 0.282. The van der Waals surface area contributed by atoms with Crippen molar-refractivity contribution < 1.29 is 17.6 Å². The van der Waals surface area contributed by atoms with Gasteiger partial charge >= 0.3 is 6.01 Å². The lowest BCUT2D eigenvalue weighted by Crippen LogP contribution is -2.12. The van der Waals surface area contributed by atoms with Gasteiger partial charge in [0.25, 0.3) is 5.91 Å². The second-order valence-corrected chi connectivity index (χ2v) is 9.34. The molecule has 0 atom stereocenters. The second-order valence-electron chi connectivity index (χ2n) is 5.27. The first-order valence-electron chi connectivity index (χ1n) is 7.58. The van der Waals surface area contributed by atoms with Crippen LogP contribution >= 0.6 is 22.9 Å². The molecule has 136 valence electrons. The standard InChI is InChI=1S/C16H14ClN3O4S2/c1-2-26(22,23)12-6-3-10(4-7-12)15(21)18-16-20-19-14(24-16)9-11-5-8-13(17)25-11/h3-8H,2,9H2,1H3,(H,18,20,21). The Kier molecular flexibility index (Phi) is 5.40. The normalized spacial score (nSPS) is 11.5. The Morgan fingerprint density at radius 3 is 2.54 bits per heavy atom. The number of thiophene rings is 1. The summed E-state index contributed by atoms with van der Waals surface area (Å²) in [6.45, 7) is 1.56. The highest BCUT2D eigenvalue weighted by molar-refractivity contribution is 7.91. The highest BCUT2D eigenvalue weighted by Gasteiger charge is 2.15. The largest absolute Gasteiger partial charge is 0.407 e. The molecule has 0 bridgehead atoms. The highest BCUT2D eigenvalue weighted by atomic mass is 35.5. The lowest BCUT2D eigenvalue weighted by molar-refractivity contribution is 0.102. The van der Waals surface area contributed by atoms with Crippen molar-refractivity contribution >= 4 is 44.7 Å². The average molecular weight is 412 g/mol. The molecule has 26 heavy (non-hydrogen) atoms. The molecular formula is C16H14ClN3O4S2. The minimum absolute atomic E-state index is 0.00123. The fourth-order valence-corrected chi connectivity index (χ4v) is 4.08. The second kappa shape index (κ2) is 7.56. The van der Waals surface area contributed by atoms with E-state index in [0.29, 0.717) is 16.6 Å². The molecule has 0 saturated carbocycles. The first kappa shape index (κ1) is 18.6. The number of amides is 1. The van der Waals surface area contributed by atoms with Crippen molar-refractivity contribution in [3.8, 4) is 0 Å². The molecular weight excluding hydrogens is 398 g/mol. The van der Waals surface area contributed by atoms with Crippen LogP contribution in [0.1, 0.15) is 28.0 Å². The zero-order valence-corrected chi connectivity index (χ0v) is 16.0. The van der Waals surface area contributed by atoms with Crippen LogP contribution in [-0.2, 0) is 16.3 Å². The van der Waals surface area contributed by atoms with Crippen LogP contribution < -0.4 is 5.32 Å². The molecule has 0 aliphatic heterocycles. The third-order valence-electron chi connectivity index (χ3n) is 3.50. The topological polar surface area (TPSA) is 102 Å². The number of nitrogens with zero attached hydrogens (tertiary/aromatic N) is 2. The van der Waals surface area contributed by atoms with Gasteiger partial charge in [0.15, 0.2) is 9.84 Å². The number of rotatable bonds is 6. The number of anilines is 1. The van der Waals surface area contributed by atoms with Crippen LogP contribution in [0.15, 0.2) is 45.7 Å². The van der Waals surface area contributed by atoms with Gasteiger partial charge in [-0.3, -0.25) is 10.1 Å². The predicted molar refractivity (Wildman–Crippen MR) is 98.6 cm³/mol. The zero-order valence-electron chi connectivity index (χ0n) is 13.6. The van der Waals surface area contributed by atoms with E-state index in [-0.39, 0.29) is 22.2 Å². The van der Waals surface area contributed by atoms with Gasteiger partial charge in [0, 0.05) is 10.4 Å². The van der Waals surface area contributed by atoms with E-state index in [9.17, 15) is 13.2 Å². The van der Waals surface area contributed by atoms with Crippen LogP contribution in [0.5, 0.6) is 0 Å². The maximum absolute atomic E-state index is 12.2. The van der Waals surface area contributed by atoms with Gasteiger partial charge in [0.2, 0.25) is 5.89 Å². The maximum atomic E-state index is 12.2. The highest BCUT2D eigenvalue weighted by Crippen LogP contribution is 2.24. The van der Waals surface area contributed by atoms with E-state index in [1.54, 1.807) is 13.0 Å². The Morgan fingerprint density at radius 2 is 1.92 bits per heavy atom. The molecule has 0 spiro atoms. The number of halogens is 1. The van der Waals surface area contributed by atoms with Crippen molar-refractivity contribution in [2.75, 3.05) is 11.1 Å². The molecule has 0 radical (unpaired) electrons. The van der Waals surface area contributed by atoms with Gasteiger partial charge in [-0.05, 0) is 36.4 Å². The molecule has 7 nitrogen and oxygen atoms in total. The van der Waals surface area contributed by atoms with Crippen molar-refractivity contribution in [1.82, 2.24) is 10.2 Å². The van der Waals surface area contributed by atoms with Crippen LogP contribution in [0.4, 0.5) is 6.01 Å². The smallest absolute Gasteiger partial charge is 0.322 e. The van der Waals surface area contributed by atoms with Gasteiger partial charge in [0.1, 0.15) is 0 Å². The fourth-order valence-electron chi connectivity index (χ4n) is 2.12. The lowest BCUT2D eigenvalue weighted by Gasteiger charge is -2.03. The molecule has 1 amide bonds. The average Bonchev–Trinajstić information content (AvgIpc) is 3.24. The van der Waals surface area contributed by atoms with Gasteiger partial charge < -0.3 is 4.42 Å². The minimum atomic E-state index is -3.31. The molecule has 0 saturated heterocycles. The van der Waals surface area contributed by atoms with E-state index in [2.05, 4.69) is 15.5 Å². The molecule has 3 rings (SSSR count). The molecule has 1 N–H and O–H groups in total. The van der Waals surface area contributed by atoms with Crippen molar-refractivity contribution in [3.05, 3.63) is 57.1 Å². The van der Waals surface area contributed by atoms with E-state index in [1.165, 1.54) is 35.6 Å². The van der Waals surface area contributed by atoms with Crippen LogP contribution in [-0.4, -0.2) is 30.3 Å². The molecule has 3 aromatic rings. The van der Waals surface area contributed by atoms with Gasteiger partial charge in [-0.15, -0.1) is 16.4 Å². The lowest BCUT2D eigenvalue weighted by atomic mass is 10.2. The maximum Gasteiger partial charge on any atom is 0.322 e. The molecule has 2 aromatic heterocycles. The number of nitrogens with one attached hydrogen (secondary N) is 1. The van der Waals surface area contributed by atoms with E-state index < -0.39 is 15.7 Å². The number of sulfone groups is 1. The van der Waals surface area contributed by atoms with E-state index in [1.807, 2.05) is 6.07 Å². The Labute approximate surface area is 158 Å². The molecule has 0 unspecified atom stereocenters. The summed E-state index contributed by atoms with van der Waals surface area (Å²) in [4.78, 5) is 13.3. The Balaban J connectivity index is 1.66. The number of aromatic nitrogens is 2. The van der Waals surface area contributed by atoms with Gasteiger partial charge in [-0.1, -0.05) is 23.6 Å². The molecule has 1 aromatic carbocycles. The molecule has 0 aliphatic carbocycles. The number of hydrogen-bond donors (Lipinski definition) is 1. The van der Waals surface area contributed by atoms with Crippen molar-refractivity contribution in [2.45, 2.75) is 18.2 Å². The van der Waals surface area contributed by atoms with Crippen LogP contribution in [0.25, 0.3) is 0 Å². The van der Waals surface area contributed by atoms with Gasteiger partial charge in [-0.2, -0.15) is 0 Å². The third-order valence-corrected chi connectivity index (χ3v) is 6.48. The number of hydrogen-bond acceptors (Lipinski definition) is 7. The predicted octanol–water partition coefficient (Wildman–Crippen LogP) is 3.42. The Hall–Kier alpha value is -2.23. The van der Waals surface area contributed by atoms with Crippen molar-refractivity contribution in [2.24, 2.45) is 0 Å². The van der Waals surface area contributed by atoms with Gasteiger partial charge in [0.05, 0.1) is 21.4 Å².